The van der Waals surface area contributed by atoms with E-state index >= 15 is 0 Å². The minimum Gasteiger partial charge on any atom is -0.454 e. The smallest absolute Gasteiger partial charge is 0.343 e. The van der Waals surface area contributed by atoms with Crippen molar-refractivity contribution in [2.24, 2.45) is 0 Å². The zero-order chi connectivity index (χ0) is 21.3. The fourth-order valence-corrected chi connectivity index (χ4v) is 4.33. The topological polar surface area (TPSA) is 69.9 Å². The van der Waals surface area contributed by atoms with Crippen LogP contribution in [0.2, 0.25) is 0 Å². The molecule has 4 rings (SSSR count). The highest BCUT2D eigenvalue weighted by Crippen LogP contribution is 2.28. The van der Waals surface area contributed by atoms with Gasteiger partial charge in [0.05, 0.1) is 21.6 Å². The standard InChI is InChI=1S/C20H16F2N4O2S2/c1-11-16(18(29-2)25-17(23-11)14-8-5-9-30-14)19(27)28-10-15-24-12-6-3-4-7-13(12)26(15)20(21)22/h3-9,20H,10H2,1-2H3. The molecule has 0 aliphatic rings. The summed E-state index contributed by atoms with van der Waals surface area (Å²) in [7, 11) is 0. The number of hydrogen-bond donors (Lipinski definition) is 0. The van der Waals surface area contributed by atoms with Gasteiger partial charge in [-0.15, -0.1) is 23.1 Å². The van der Waals surface area contributed by atoms with E-state index in [1.807, 2.05) is 17.5 Å². The molecule has 0 bridgehead atoms. The average Bonchev–Trinajstić information content (AvgIpc) is 3.39. The van der Waals surface area contributed by atoms with Crippen molar-refractivity contribution in [3.05, 3.63) is 58.9 Å². The Morgan fingerprint density at radius 3 is 2.70 bits per heavy atom. The van der Waals surface area contributed by atoms with E-state index in [0.29, 0.717) is 22.1 Å². The molecule has 6 nitrogen and oxygen atoms in total. The first-order valence-electron chi connectivity index (χ1n) is 8.87. The molecular formula is C20H16F2N4O2S2. The van der Waals surface area contributed by atoms with Gasteiger partial charge in [-0.3, -0.25) is 4.57 Å². The lowest BCUT2D eigenvalue weighted by molar-refractivity contribution is 0.0382. The molecule has 1 aromatic carbocycles. The SMILES string of the molecule is CSc1nc(-c2cccs2)nc(C)c1C(=O)OCc1nc2ccccc2n1C(F)F. The van der Waals surface area contributed by atoms with Gasteiger partial charge in [-0.2, -0.15) is 8.78 Å². The Labute approximate surface area is 178 Å². The number of rotatable bonds is 6. The van der Waals surface area contributed by atoms with Crippen molar-refractivity contribution >= 4 is 40.1 Å². The van der Waals surface area contributed by atoms with Gasteiger partial charge in [-0.1, -0.05) is 18.2 Å². The Hall–Kier alpha value is -2.85. The number of thioether (sulfide) groups is 1. The number of benzene rings is 1. The number of imidazole rings is 1. The number of carbonyl (C=O) groups excluding carboxylic acids is 1. The van der Waals surface area contributed by atoms with Crippen LogP contribution in [0.25, 0.3) is 21.7 Å². The third-order valence-corrected chi connectivity index (χ3v) is 5.94. The minimum atomic E-state index is -2.80. The summed E-state index contributed by atoms with van der Waals surface area (Å²) in [5, 5.41) is 2.39. The van der Waals surface area contributed by atoms with Crippen molar-refractivity contribution in [3.63, 3.8) is 0 Å². The van der Waals surface area contributed by atoms with E-state index in [4.69, 9.17) is 4.74 Å². The Morgan fingerprint density at radius 1 is 1.20 bits per heavy atom. The first kappa shape index (κ1) is 20.4. The van der Waals surface area contributed by atoms with Crippen LogP contribution in [-0.4, -0.2) is 31.7 Å². The van der Waals surface area contributed by atoms with E-state index < -0.39 is 19.1 Å². The van der Waals surface area contributed by atoms with Gasteiger partial charge in [0.25, 0.3) is 0 Å². The molecule has 0 saturated heterocycles. The van der Waals surface area contributed by atoms with Crippen molar-refractivity contribution in [1.82, 2.24) is 19.5 Å². The molecule has 0 radical (unpaired) electrons. The van der Waals surface area contributed by atoms with E-state index in [-0.39, 0.29) is 16.9 Å². The number of alkyl halides is 2. The second-order valence-electron chi connectivity index (χ2n) is 6.23. The lowest BCUT2D eigenvalue weighted by atomic mass is 10.2. The van der Waals surface area contributed by atoms with Crippen LogP contribution in [0.15, 0.2) is 46.8 Å². The number of halogens is 2. The summed E-state index contributed by atoms with van der Waals surface area (Å²) in [6.45, 7) is -1.50. The van der Waals surface area contributed by atoms with Gasteiger partial charge in [-0.05, 0) is 36.8 Å². The first-order valence-corrected chi connectivity index (χ1v) is 11.0. The molecule has 0 spiro atoms. The van der Waals surface area contributed by atoms with Crippen molar-refractivity contribution in [3.8, 4) is 10.7 Å². The number of nitrogens with zero attached hydrogens (tertiary/aromatic N) is 4. The van der Waals surface area contributed by atoms with Crippen molar-refractivity contribution in [1.29, 1.82) is 0 Å². The third-order valence-electron chi connectivity index (χ3n) is 4.39. The van der Waals surface area contributed by atoms with Gasteiger partial charge >= 0.3 is 12.5 Å². The van der Waals surface area contributed by atoms with Crippen LogP contribution in [0.1, 0.15) is 28.4 Å². The van der Waals surface area contributed by atoms with Crippen molar-refractivity contribution in [2.45, 2.75) is 25.1 Å². The summed E-state index contributed by atoms with van der Waals surface area (Å²) < 4.78 is 33.2. The van der Waals surface area contributed by atoms with E-state index in [1.165, 1.54) is 23.1 Å². The Morgan fingerprint density at radius 2 is 2.00 bits per heavy atom. The maximum Gasteiger partial charge on any atom is 0.343 e. The summed E-state index contributed by atoms with van der Waals surface area (Å²) in [5.41, 5.74) is 1.38. The molecule has 0 amide bonds. The van der Waals surface area contributed by atoms with Crippen LogP contribution in [0.5, 0.6) is 0 Å². The summed E-state index contributed by atoms with van der Waals surface area (Å²) in [4.78, 5) is 26.7. The van der Waals surface area contributed by atoms with Gasteiger partial charge in [0.2, 0.25) is 0 Å². The number of hydrogen-bond acceptors (Lipinski definition) is 7. The molecule has 3 aromatic heterocycles. The number of aromatic nitrogens is 4. The lowest BCUT2D eigenvalue weighted by Gasteiger charge is -2.12. The van der Waals surface area contributed by atoms with Crippen LogP contribution in [0.4, 0.5) is 8.78 Å². The number of thiophene rings is 1. The fourth-order valence-electron chi connectivity index (χ4n) is 3.06. The second-order valence-corrected chi connectivity index (χ2v) is 7.98. The Bertz CT molecular complexity index is 1210. The number of carbonyl (C=O) groups is 1. The van der Waals surface area contributed by atoms with Crippen LogP contribution in [0, 0.1) is 6.92 Å². The molecule has 3 heterocycles. The van der Waals surface area contributed by atoms with E-state index in [0.717, 1.165) is 9.44 Å². The summed E-state index contributed by atoms with van der Waals surface area (Å²) in [6, 6.07) is 10.3. The predicted molar refractivity (Wildman–Crippen MR) is 112 cm³/mol. The number of esters is 1. The highest BCUT2D eigenvalue weighted by molar-refractivity contribution is 7.98. The van der Waals surface area contributed by atoms with Gasteiger partial charge in [-0.25, -0.2) is 19.7 Å². The molecule has 0 fully saturated rings. The number of aryl methyl sites for hydroxylation is 1. The Balaban J connectivity index is 1.62. The highest BCUT2D eigenvalue weighted by atomic mass is 32.2. The van der Waals surface area contributed by atoms with E-state index in [1.54, 1.807) is 37.4 Å². The molecule has 10 heteroatoms. The molecule has 30 heavy (non-hydrogen) atoms. The number of ether oxygens (including phenoxy) is 1. The molecule has 0 saturated carbocycles. The van der Waals surface area contributed by atoms with Crippen molar-refractivity contribution in [2.75, 3.05) is 6.26 Å². The summed E-state index contributed by atoms with van der Waals surface area (Å²) >= 11 is 2.79. The second kappa shape index (κ2) is 8.49. The maximum absolute atomic E-state index is 13.6. The van der Waals surface area contributed by atoms with Gasteiger partial charge in [0.15, 0.2) is 11.6 Å². The molecule has 0 unspecified atom stereocenters. The van der Waals surface area contributed by atoms with E-state index in [9.17, 15) is 13.6 Å². The van der Waals surface area contributed by atoms with Gasteiger partial charge < -0.3 is 4.74 Å². The predicted octanol–water partition coefficient (Wildman–Crippen LogP) is 5.34. The normalized spacial score (nSPS) is 11.4. The number of para-hydroxylation sites is 2. The van der Waals surface area contributed by atoms with Crippen LogP contribution >= 0.6 is 23.1 Å². The highest BCUT2D eigenvalue weighted by Gasteiger charge is 2.23. The molecule has 4 aromatic rings. The van der Waals surface area contributed by atoms with Crippen LogP contribution in [-0.2, 0) is 11.3 Å². The maximum atomic E-state index is 13.6. The van der Waals surface area contributed by atoms with E-state index in [2.05, 4.69) is 15.0 Å². The van der Waals surface area contributed by atoms with Crippen LogP contribution in [0.3, 0.4) is 0 Å². The third kappa shape index (κ3) is 3.80. The lowest BCUT2D eigenvalue weighted by Crippen LogP contribution is -2.14. The zero-order valence-corrected chi connectivity index (χ0v) is 17.6. The summed E-state index contributed by atoms with van der Waals surface area (Å²) in [5.74, 6) is -0.177. The molecule has 154 valence electrons. The molecule has 0 atom stereocenters. The molecule has 0 aliphatic heterocycles. The fraction of sp³-hybridized carbons (Fsp3) is 0.200. The first-order chi connectivity index (χ1) is 14.5. The van der Waals surface area contributed by atoms with Crippen molar-refractivity contribution < 1.29 is 18.3 Å². The summed E-state index contributed by atoms with van der Waals surface area (Å²) in [6.07, 6.45) is 1.80. The minimum absolute atomic E-state index is 0.0287. The van der Waals surface area contributed by atoms with Crippen LogP contribution < -0.4 is 0 Å². The zero-order valence-electron chi connectivity index (χ0n) is 16.0. The monoisotopic (exact) mass is 446 g/mol. The number of fused-ring (bicyclic) bond motifs is 1. The van der Waals surface area contributed by atoms with Gasteiger partial charge in [0, 0.05) is 0 Å². The molecule has 0 N–H and O–H groups in total. The molecule has 0 aliphatic carbocycles. The average molecular weight is 447 g/mol. The quantitative estimate of drug-likeness (QED) is 0.226. The molecular weight excluding hydrogens is 430 g/mol. The van der Waals surface area contributed by atoms with Gasteiger partial charge in [0.1, 0.15) is 17.2 Å². The largest absolute Gasteiger partial charge is 0.454 e. The Kier molecular flexibility index (Phi) is 5.78.